The van der Waals surface area contributed by atoms with Crippen LogP contribution in [-0.2, 0) is 6.42 Å². The molecule has 1 aliphatic rings. The zero-order valence-corrected chi connectivity index (χ0v) is 11.6. The zero-order chi connectivity index (χ0) is 13.5. The quantitative estimate of drug-likeness (QED) is 0.661. The summed E-state index contributed by atoms with van der Waals surface area (Å²) in [5.74, 6) is 1.01. The van der Waals surface area contributed by atoms with Gasteiger partial charge in [0, 0.05) is 16.7 Å². The SMILES string of the molecule is O=C(c1ccc2c(c1)CCO2)c1cc2ccccc2s1. The second kappa shape index (κ2) is 4.46. The molecule has 98 valence electrons. The largest absolute Gasteiger partial charge is 0.493 e. The number of rotatable bonds is 2. The standard InChI is InChI=1S/C17H12O2S/c18-17(13-5-6-14-11(9-13)7-8-19-14)16-10-12-3-1-2-4-15(12)20-16/h1-6,9-10H,7-8H2. The molecule has 0 saturated heterocycles. The molecule has 1 aliphatic heterocycles. The summed E-state index contributed by atoms with van der Waals surface area (Å²) in [6.07, 6.45) is 0.892. The Labute approximate surface area is 120 Å². The van der Waals surface area contributed by atoms with Gasteiger partial charge in [0.1, 0.15) is 5.75 Å². The maximum Gasteiger partial charge on any atom is 0.202 e. The van der Waals surface area contributed by atoms with Crippen molar-refractivity contribution in [3.63, 3.8) is 0 Å². The second-order valence-electron chi connectivity index (χ2n) is 4.90. The minimum Gasteiger partial charge on any atom is -0.493 e. The maximum absolute atomic E-state index is 12.6. The van der Waals surface area contributed by atoms with Crippen molar-refractivity contribution in [3.05, 3.63) is 64.5 Å². The highest BCUT2D eigenvalue weighted by Crippen LogP contribution is 2.30. The first-order valence-electron chi connectivity index (χ1n) is 6.60. The van der Waals surface area contributed by atoms with E-state index < -0.39 is 0 Å². The Hall–Kier alpha value is -2.13. The van der Waals surface area contributed by atoms with Crippen LogP contribution in [0.3, 0.4) is 0 Å². The lowest BCUT2D eigenvalue weighted by Gasteiger charge is -2.01. The van der Waals surface area contributed by atoms with Crippen LogP contribution in [0.4, 0.5) is 0 Å². The number of ketones is 1. The van der Waals surface area contributed by atoms with Crippen LogP contribution in [0.15, 0.2) is 48.5 Å². The summed E-state index contributed by atoms with van der Waals surface area (Å²) in [7, 11) is 0. The molecule has 3 aromatic rings. The average molecular weight is 280 g/mol. The molecule has 0 N–H and O–H groups in total. The van der Waals surface area contributed by atoms with Crippen LogP contribution in [0.25, 0.3) is 10.1 Å². The monoisotopic (exact) mass is 280 g/mol. The number of fused-ring (bicyclic) bond motifs is 2. The van der Waals surface area contributed by atoms with Gasteiger partial charge in [-0.05, 0) is 41.3 Å². The molecule has 0 fully saturated rings. The third kappa shape index (κ3) is 1.82. The summed E-state index contributed by atoms with van der Waals surface area (Å²) in [6.45, 7) is 0.718. The van der Waals surface area contributed by atoms with E-state index in [1.807, 2.05) is 48.5 Å². The predicted octanol–water partition coefficient (Wildman–Crippen LogP) is 4.07. The first-order chi connectivity index (χ1) is 9.81. The molecular weight excluding hydrogens is 268 g/mol. The van der Waals surface area contributed by atoms with Gasteiger partial charge in [-0.2, -0.15) is 0 Å². The summed E-state index contributed by atoms with van der Waals surface area (Å²) >= 11 is 1.55. The van der Waals surface area contributed by atoms with Gasteiger partial charge >= 0.3 is 0 Å². The van der Waals surface area contributed by atoms with E-state index >= 15 is 0 Å². The van der Waals surface area contributed by atoms with Crippen molar-refractivity contribution in [3.8, 4) is 5.75 Å². The first kappa shape index (κ1) is 11.7. The molecular formula is C17H12O2S. The van der Waals surface area contributed by atoms with Gasteiger partial charge in [0.05, 0.1) is 11.5 Å². The van der Waals surface area contributed by atoms with E-state index in [9.17, 15) is 4.79 Å². The lowest BCUT2D eigenvalue weighted by Crippen LogP contribution is -1.98. The van der Waals surface area contributed by atoms with E-state index in [0.29, 0.717) is 0 Å². The molecule has 0 aliphatic carbocycles. The third-order valence-electron chi connectivity index (χ3n) is 3.60. The number of ether oxygens (including phenoxy) is 1. The Morgan fingerprint density at radius 3 is 2.90 bits per heavy atom. The second-order valence-corrected chi connectivity index (χ2v) is 5.98. The molecule has 1 aromatic heterocycles. The van der Waals surface area contributed by atoms with Crippen LogP contribution >= 0.6 is 11.3 Å². The molecule has 0 amide bonds. The number of carbonyl (C=O) groups is 1. The number of hydrogen-bond donors (Lipinski definition) is 0. The zero-order valence-electron chi connectivity index (χ0n) is 10.8. The Kier molecular flexibility index (Phi) is 2.60. The lowest BCUT2D eigenvalue weighted by atomic mass is 10.0. The lowest BCUT2D eigenvalue weighted by molar-refractivity contribution is 0.104. The minimum absolute atomic E-state index is 0.0981. The Balaban J connectivity index is 1.76. The molecule has 2 nitrogen and oxygen atoms in total. The Morgan fingerprint density at radius 2 is 2.00 bits per heavy atom. The van der Waals surface area contributed by atoms with E-state index in [-0.39, 0.29) is 5.78 Å². The van der Waals surface area contributed by atoms with Crippen LogP contribution < -0.4 is 4.74 Å². The molecule has 3 heteroatoms. The van der Waals surface area contributed by atoms with Crippen molar-refractivity contribution in [2.75, 3.05) is 6.61 Å². The fraction of sp³-hybridized carbons (Fsp3) is 0.118. The van der Waals surface area contributed by atoms with Crippen LogP contribution in [-0.4, -0.2) is 12.4 Å². The molecule has 0 spiro atoms. The van der Waals surface area contributed by atoms with Crippen LogP contribution in [0.1, 0.15) is 20.8 Å². The fourth-order valence-electron chi connectivity index (χ4n) is 2.56. The number of thiophene rings is 1. The first-order valence-corrected chi connectivity index (χ1v) is 7.42. The molecule has 0 saturated carbocycles. The van der Waals surface area contributed by atoms with E-state index in [4.69, 9.17) is 4.74 Å². The van der Waals surface area contributed by atoms with Crippen molar-refractivity contribution in [2.24, 2.45) is 0 Å². The van der Waals surface area contributed by atoms with Gasteiger partial charge in [-0.25, -0.2) is 0 Å². The van der Waals surface area contributed by atoms with E-state index in [2.05, 4.69) is 0 Å². The minimum atomic E-state index is 0.0981. The fourth-order valence-corrected chi connectivity index (χ4v) is 3.59. The van der Waals surface area contributed by atoms with Gasteiger partial charge in [0.15, 0.2) is 0 Å². The maximum atomic E-state index is 12.6. The number of benzene rings is 2. The van der Waals surface area contributed by atoms with E-state index in [0.717, 1.165) is 44.9 Å². The third-order valence-corrected chi connectivity index (χ3v) is 4.72. The van der Waals surface area contributed by atoms with Gasteiger partial charge in [0.2, 0.25) is 5.78 Å². The normalized spacial score (nSPS) is 13.2. The van der Waals surface area contributed by atoms with Gasteiger partial charge in [-0.1, -0.05) is 18.2 Å². The average Bonchev–Trinajstić information content (AvgIpc) is 3.11. The number of hydrogen-bond acceptors (Lipinski definition) is 3. The highest BCUT2D eigenvalue weighted by Gasteiger charge is 2.17. The summed E-state index contributed by atoms with van der Waals surface area (Å²) in [6, 6.07) is 15.8. The molecule has 0 radical (unpaired) electrons. The Bertz CT molecular complexity index is 784. The van der Waals surface area contributed by atoms with Crippen LogP contribution in [0.5, 0.6) is 5.75 Å². The smallest absolute Gasteiger partial charge is 0.202 e. The van der Waals surface area contributed by atoms with Gasteiger partial charge in [0.25, 0.3) is 0 Å². The van der Waals surface area contributed by atoms with Gasteiger partial charge in [-0.3, -0.25) is 4.79 Å². The Morgan fingerprint density at radius 1 is 1.10 bits per heavy atom. The van der Waals surface area contributed by atoms with E-state index in [1.54, 1.807) is 11.3 Å². The van der Waals surface area contributed by atoms with Gasteiger partial charge < -0.3 is 4.74 Å². The highest BCUT2D eigenvalue weighted by molar-refractivity contribution is 7.21. The summed E-state index contributed by atoms with van der Waals surface area (Å²) < 4.78 is 6.63. The molecule has 20 heavy (non-hydrogen) atoms. The van der Waals surface area contributed by atoms with Gasteiger partial charge in [-0.15, -0.1) is 11.3 Å². The topological polar surface area (TPSA) is 26.3 Å². The number of carbonyl (C=O) groups excluding carboxylic acids is 1. The van der Waals surface area contributed by atoms with Crippen LogP contribution in [0, 0.1) is 0 Å². The predicted molar refractivity (Wildman–Crippen MR) is 80.9 cm³/mol. The molecule has 0 atom stereocenters. The van der Waals surface area contributed by atoms with Crippen molar-refractivity contribution in [1.82, 2.24) is 0 Å². The summed E-state index contributed by atoms with van der Waals surface area (Å²) in [5, 5.41) is 1.13. The van der Waals surface area contributed by atoms with Crippen molar-refractivity contribution >= 4 is 27.2 Å². The molecule has 4 rings (SSSR count). The molecule has 2 heterocycles. The van der Waals surface area contributed by atoms with Crippen molar-refractivity contribution < 1.29 is 9.53 Å². The van der Waals surface area contributed by atoms with Crippen molar-refractivity contribution in [2.45, 2.75) is 6.42 Å². The molecule has 0 bridgehead atoms. The highest BCUT2D eigenvalue weighted by atomic mass is 32.1. The molecule has 2 aromatic carbocycles. The summed E-state index contributed by atoms with van der Waals surface area (Å²) in [5.41, 5.74) is 1.89. The summed E-state index contributed by atoms with van der Waals surface area (Å²) in [4.78, 5) is 13.4. The van der Waals surface area contributed by atoms with Crippen molar-refractivity contribution in [1.29, 1.82) is 0 Å². The van der Waals surface area contributed by atoms with Crippen LogP contribution in [0.2, 0.25) is 0 Å². The molecule has 0 unspecified atom stereocenters. The van der Waals surface area contributed by atoms with E-state index in [1.165, 1.54) is 0 Å².